The molecule has 6 heteroatoms. The number of ether oxygens (including phenoxy) is 2. The lowest BCUT2D eigenvalue weighted by Crippen LogP contribution is -2.05. The minimum atomic E-state index is -0.499. The highest BCUT2D eigenvalue weighted by Crippen LogP contribution is 2.22. The smallest absolute Gasteiger partial charge is 0.363 e. The molecule has 4 rings (SSSR count). The monoisotopic (exact) mass is 451 g/mol. The lowest BCUT2D eigenvalue weighted by atomic mass is 10.2. The maximum atomic E-state index is 13.0. The summed E-state index contributed by atoms with van der Waals surface area (Å²) >= 11 is 3.37. The topological polar surface area (TPSA) is 47.9 Å². The van der Waals surface area contributed by atoms with Crippen LogP contribution in [0.1, 0.15) is 16.7 Å². The fourth-order valence-electron chi connectivity index (χ4n) is 2.72. The largest absolute Gasteiger partial charge is 0.489 e. The molecule has 0 spiro atoms. The summed E-state index contributed by atoms with van der Waals surface area (Å²) in [6, 6.07) is 20.8. The van der Waals surface area contributed by atoms with Gasteiger partial charge in [0.15, 0.2) is 5.70 Å². The molecule has 29 heavy (non-hydrogen) atoms. The molecule has 0 atom stereocenters. The molecule has 0 aliphatic carbocycles. The first-order valence-electron chi connectivity index (χ1n) is 8.83. The van der Waals surface area contributed by atoms with Gasteiger partial charge in [0.1, 0.15) is 18.2 Å². The molecule has 0 N–H and O–H groups in total. The van der Waals surface area contributed by atoms with Crippen molar-refractivity contribution in [1.29, 1.82) is 0 Å². The van der Waals surface area contributed by atoms with Crippen LogP contribution >= 0.6 is 15.9 Å². The van der Waals surface area contributed by atoms with Crippen molar-refractivity contribution in [2.75, 3.05) is 0 Å². The van der Waals surface area contributed by atoms with Gasteiger partial charge in [-0.15, -0.1) is 0 Å². The van der Waals surface area contributed by atoms with E-state index in [1.165, 1.54) is 12.1 Å². The van der Waals surface area contributed by atoms with Gasteiger partial charge in [-0.25, -0.2) is 14.2 Å². The van der Waals surface area contributed by atoms with E-state index in [1.807, 2.05) is 42.5 Å². The van der Waals surface area contributed by atoms with E-state index in [0.717, 1.165) is 21.2 Å². The van der Waals surface area contributed by atoms with Gasteiger partial charge in [0, 0.05) is 10.0 Å². The summed E-state index contributed by atoms with van der Waals surface area (Å²) in [6.45, 7) is 0.314. The van der Waals surface area contributed by atoms with Crippen LogP contribution in [0.5, 0.6) is 5.75 Å². The van der Waals surface area contributed by atoms with Crippen LogP contribution in [0.3, 0.4) is 0 Å². The Bertz CT molecular complexity index is 1110. The summed E-state index contributed by atoms with van der Waals surface area (Å²) in [7, 11) is 0. The van der Waals surface area contributed by atoms with Crippen LogP contribution in [0.2, 0.25) is 0 Å². The zero-order valence-electron chi connectivity index (χ0n) is 15.1. The molecule has 0 amide bonds. The summed E-state index contributed by atoms with van der Waals surface area (Å²) < 4.78 is 25.0. The van der Waals surface area contributed by atoms with E-state index in [0.29, 0.717) is 12.4 Å². The van der Waals surface area contributed by atoms with Gasteiger partial charge in [-0.3, -0.25) is 0 Å². The average Bonchev–Trinajstić information content (AvgIpc) is 3.09. The van der Waals surface area contributed by atoms with Crippen molar-refractivity contribution in [3.05, 3.63) is 105 Å². The average molecular weight is 452 g/mol. The van der Waals surface area contributed by atoms with Gasteiger partial charge < -0.3 is 9.47 Å². The Kier molecular flexibility index (Phi) is 5.53. The van der Waals surface area contributed by atoms with Gasteiger partial charge in [0.05, 0.1) is 0 Å². The Morgan fingerprint density at radius 1 is 1.03 bits per heavy atom. The molecule has 0 saturated carbocycles. The lowest BCUT2D eigenvalue weighted by Gasteiger charge is -2.07. The van der Waals surface area contributed by atoms with E-state index >= 15 is 0 Å². The minimum absolute atomic E-state index is 0.221. The van der Waals surface area contributed by atoms with Crippen LogP contribution in [0.4, 0.5) is 4.39 Å². The number of hydrogen-bond donors (Lipinski definition) is 0. The first-order valence-corrected chi connectivity index (χ1v) is 9.62. The van der Waals surface area contributed by atoms with Gasteiger partial charge >= 0.3 is 5.97 Å². The van der Waals surface area contributed by atoms with E-state index in [2.05, 4.69) is 20.9 Å². The molecular weight excluding hydrogens is 437 g/mol. The molecule has 0 bridgehead atoms. The van der Waals surface area contributed by atoms with Crippen molar-refractivity contribution in [3.8, 4) is 5.75 Å². The van der Waals surface area contributed by atoms with E-state index in [1.54, 1.807) is 24.3 Å². The third-order valence-corrected chi connectivity index (χ3v) is 4.72. The van der Waals surface area contributed by atoms with Crippen molar-refractivity contribution in [3.63, 3.8) is 0 Å². The number of aliphatic imine (C=N–C) groups is 1. The summed E-state index contributed by atoms with van der Waals surface area (Å²) in [5, 5.41) is 0. The molecule has 3 aromatic rings. The van der Waals surface area contributed by atoms with Crippen molar-refractivity contribution in [1.82, 2.24) is 0 Å². The molecule has 144 valence electrons. The first-order chi connectivity index (χ1) is 14.1. The van der Waals surface area contributed by atoms with Crippen LogP contribution in [0, 0.1) is 5.82 Å². The van der Waals surface area contributed by atoms with Crippen molar-refractivity contribution in [2.24, 2.45) is 4.99 Å². The molecule has 3 aromatic carbocycles. The normalized spacial score (nSPS) is 14.6. The third-order valence-electron chi connectivity index (χ3n) is 4.19. The lowest BCUT2D eigenvalue weighted by molar-refractivity contribution is -0.129. The SMILES string of the molecule is O=C1OC(c2ccc(Br)cc2)=N/C1=C\c1cccc(OCc2ccc(F)cc2)c1. The summed E-state index contributed by atoms with van der Waals surface area (Å²) in [5.41, 5.74) is 2.56. The second kappa shape index (κ2) is 8.41. The summed E-state index contributed by atoms with van der Waals surface area (Å²) in [4.78, 5) is 16.5. The predicted octanol–water partition coefficient (Wildman–Crippen LogP) is 5.51. The fourth-order valence-corrected chi connectivity index (χ4v) is 2.99. The van der Waals surface area contributed by atoms with Crippen LogP contribution in [-0.4, -0.2) is 11.9 Å². The minimum Gasteiger partial charge on any atom is -0.489 e. The van der Waals surface area contributed by atoms with Crippen LogP contribution in [0.15, 0.2) is 88.0 Å². The van der Waals surface area contributed by atoms with E-state index in [-0.39, 0.29) is 17.4 Å². The maximum Gasteiger partial charge on any atom is 0.363 e. The van der Waals surface area contributed by atoms with Crippen molar-refractivity contribution >= 4 is 33.9 Å². The first kappa shape index (κ1) is 19.1. The Hall–Kier alpha value is -3.25. The van der Waals surface area contributed by atoms with Gasteiger partial charge in [0.2, 0.25) is 5.90 Å². The highest BCUT2D eigenvalue weighted by atomic mass is 79.9. The fraction of sp³-hybridized carbons (Fsp3) is 0.0435. The third kappa shape index (κ3) is 4.78. The Balaban J connectivity index is 1.50. The molecule has 1 heterocycles. The molecule has 0 aromatic heterocycles. The summed E-state index contributed by atoms with van der Waals surface area (Å²) in [5.74, 6) is 0.124. The second-order valence-corrected chi connectivity index (χ2v) is 7.25. The number of carbonyl (C=O) groups excluding carboxylic acids is 1. The van der Waals surface area contributed by atoms with Gasteiger partial charge in [0.25, 0.3) is 0 Å². The second-order valence-electron chi connectivity index (χ2n) is 6.33. The zero-order valence-corrected chi connectivity index (χ0v) is 16.7. The number of cyclic esters (lactones) is 1. The van der Waals surface area contributed by atoms with Crippen LogP contribution in [-0.2, 0) is 16.1 Å². The van der Waals surface area contributed by atoms with Gasteiger partial charge in [-0.05, 0) is 65.7 Å². The Morgan fingerprint density at radius 2 is 1.79 bits per heavy atom. The molecule has 0 radical (unpaired) electrons. The number of benzene rings is 3. The van der Waals surface area contributed by atoms with E-state index in [9.17, 15) is 9.18 Å². The standard InChI is InChI=1S/C23H15BrFNO3/c24-18-8-6-17(7-9-18)22-26-21(23(27)29-22)13-16-2-1-3-20(12-16)28-14-15-4-10-19(25)11-5-15/h1-13H,14H2/b21-13-. The van der Waals surface area contributed by atoms with E-state index in [4.69, 9.17) is 9.47 Å². The van der Waals surface area contributed by atoms with Crippen LogP contribution < -0.4 is 4.74 Å². The van der Waals surface area contributed by atoms with Gasteiger partial charge in [-0.2, -0.15) is 0 Å². The van der Waals surface area contributed by atoms with Gasteiger partial charge in [-0.1, -0.05) is 40.2 Å². The van der Waals surface area contributed by atoms with Crippen molar-refractivity contribution < 1.29 is 18.7 Å². The number of hydrogen-bond acceptors (Lipinski definition) is 4. The number of carbonyl (C=O) groups is 1. The molecule has 0 unspecified atom stereocenters. The highest BCUT2D eigenvalue weighted by molar-refractivity contribution is 9.10. The number of nitrogens with zero attached hydrogens (tertiary/aromatic N) is 1. The van der Waals surface area contributed by atoms with Crippen LogP contribution in [0.25, 0.3) is 6.08 Å². The highest BCUT2D eigenvalue weighted by Gasteiger charge is 2.24. The molecule has 4 nitrogen and oxygen atoms in total. The molecule has 0 saturated heterocycles. The number of rotatable bonds is 5. The molecule has 1 aliphatic rings. The van der Waals surface area contributed by atoms with E-state index < -0.39 is 5.97 Å². The number of esters is 1. The molecule has 1 aliphatic heterocycles. The molecular formula is C23H15BrFNO3. The zero-order chi connectivity index (χ0) is 20.2. The summed E-state index contributed by atoms with van der Waals surface area (Å²) in [6.07, 6.45) is 1.65. The molecule has 0 fully saturated rings. The Labute approximate surface area is 175 Å². The van der Waals surface area contributed by atoms with Crippen molar-refractivity contribution in [2.45, 2.75) is 6.61 Å². The number of halogens is 2. The Morgan fingerprint density at radius 3 is 2.55 bits per heavy atom. The maximum absolute atomic E-state index is 13.0. The predicted molar refractivity (Wildman–Crippen MR) is 112 cm³/mol. The quantitative estimate of drug-likeness (QED) is 0.379.